The summed E-state index contributed by atoms with van der Waals surface area (Å²) >= 11 is 0. The van der Waals surface area contributed by atoms with Crippen molar-refractivity contribution in [3.05, 3.63) is 36.5 Å². The van der Waals surface area contributed by atoms with Crippen molar-refractivity contribution in [3.63, 3.8) is 0 Å². The predicted molar refractivity (Wildman–Crippen MR) is 273 cm³/mol. The lowest BCUT2D eigenvalue weighted by atomic mass is 10.0. The lowest BCUT2D eigenvalue weighted by Crippen LogP contribution is -2.45. The zero-order chi connectivity index (χ0) is 45.8. The number of nitrogens with one attached hydrogen (secondary N) is 1. The van der Waals surface area contributed by atoms with E-state index >= 15 is 0 Å². The highest BCUT2D eigenvalue weighted by Gasteiger charge is 2.18. The molecular formula is C57H107NO5. The Morgan fingerprint density at radius 2 is 0.825 bits per heavy atom. The molecule has 0 saturated carbocycles. The van der Waals surface area contributed by atoms with Gasteiger partial charge in [0, 0.05) is 12.8 Å². The first-order chi connectivity index (χ1) is 31.0. The van der Waals surface area contributed by atoms with Crippen molar-refractivity contribution in [2.45, 2.75) is 302 Å². The molecule has 0 aliphatic rings. The Kier molecular flexibility index (Phi) is 51.1. The molecule has 0 aromatic rings. The number of hydrogen-bond donors (Lipinski definition) is 3. The zero-order valence-electron chi connectivity index (χ0n) is 42.1. The number of carbonyl (C=O) groups is 2. The summed E-state index contributed by atoms with van der Waals surface area (Å²) in [5.41, 5.74) is 0. The Hall–Kier alpha value is -1.92. The van der Waals surface area contributed by atoms with E-state index in [1.54, 1.807) is 6.08 Å². The normalized spacial score (nSPS) is 12.9. The van der Waals surface area contributed by atoms with Gasteiger partial charge in [-0.3, -0.25) is 9.59 Å². The van der Waals surface area contributed by atoms with E-state index in [0.717, 1.165) is 70.6 Å². The molecule has 63 heavy (non-hydrogen) atoms. The molecule has 0 bridgehead atoms. The van der Waals surface area contributed by atoms with Crippen LogP contribution in [0.5, 0.6) is 0 Å². The number of amides is 1. The van der Waals surface area contributed by atoms with Crippen LogP contribution in [-0.4, -0.2) is 47.4 Å². The molecule has 1 amide bonds. The zero-order valence-corrected chi connectivity index (χ0v) is 42.1. The molecular weight excluding hydrogens is 779 g/mol. The molecule has 2 unspecified atom stereocenters. The van der Waals surface area contributed by atoms with Gasteiger partial charge in [-0.25, -0.2) is 0 Å². The summed E-state index contributed by atoms with van der Waals surface area (Å²) in [6, 6.07) is -0.647. The van der Waals surface area contributed by atoms with Gasteiger partial charge in [0.15, 0.2) is 0 Å². The topological polar surface area (TPSA) is 95.9 Å². The first-order valence-electron chi connectivity index (χ1n) is 27.8. The van der Waals surface area contributed by atoms with E-state index in [4.69, 9.17) is 4.74 Å². The average molecular weight is 886 g/mol. The number of esters is 1. The fourth-order valence-corrected chi connectivity index (χ4v) is 8.38. The third kappa shape index (κ3) is 49.4. The van der Waals surface area contributed by atoms with Crippen molar-refractivity contribution in [2.24, 2.45) is 0 Å². The molecule has 370 valence electrons. The largest absolute Gasteiger partial charge is 0.466 e. The number of aliphatic hydroxyl groups excluding tert-OH is 2. The van der Waals surface area contributed by atoms with Gasteiger partial charge in [-0.1, -0.05) is 256 Å². The third-order valence-corrected chi connectivity index (χ3v) is 12.6. The SMILES string of the molecule is CCC/C=C\C/C=C\CCCCCCCC(=O)OCCCCCCCCCCCCC(=O)NC(CO)C(O)/C=C/CCCCCCCCCCCCCCCCCCCCCCC. The van der Waals surface area contributed by atoms with Crippen LogP contribution in [0.2, 0.25) is 0 Å². The van der Waals surface area contributed by atoms with Crippen LogP contribution in [0.3, 0.4) is 0 Å². The van der Waals surface area contributed by atoms with E-state index < -0.39 is 12.1 Å². The van der Waals surface area contributed by atoms with Crippen LogP contribution in [0.15, 0.2) is 36.5 Å². The summed E-state index contributed by atoms with van der Waals surface area (Å²) in [5.74, 6) is -0.126. The minimum atomic E-state index is -0.861. The van der Waals surface area contributed by atoms with Gasteiger partial charge in [0.2, 0.25) is 5.91 Å². The van der Waals surface area contributed by atoms with Gasteiger partial charge in [0.05, 0.1) is 25.4 Å². The highest BCUT2D eigenvalue weighted by Crippen LogP contribution is 2.17. The van der Waals surface area contributed by atoms with Gasteiger partial charge >= 0.3 is 5.97 Å². The van der Waals surface area contributed by atoms with Crippen molar-refractivity contribution < 1.29 is 24.5 Å². The second-order valence-corrected chi connectivity index (χ2v) is 18.9. The molecule has 2 atom stereocenters. The van der Waals surface area contributed by atoms with Crippen molar-refractivity contribution in [1.29, 1.82) is 0 Å². The van der Waals surface area contributed by atoms with Crippen LogP contribution in [0.1, 0.15) is 290 Å². The Bertz CT molecular complexity index is 1020. The molecule has 0 spiro atoms. The summed E-state index contributed by atoms with van der Waals surface area (Å²) in [4.78, 5) is 24.5. The molecule has 6 nitrogen and oxygen atoms in total. The third-order valence-electron chi connectivity index (χ3n) is 12.6. The number of rotatable bonds is 51. The number of carbonyl (C=O) groups excluding carboxylic acids is 2. The number of aliphatic hydroxyl groups is 2. The summed E-state index contributed by atoms with van der Waals surface area (Å²) in [7, 11) is 0. The fraction of sp³-hybridized carbons (Fsp3) is 0.860. The summed E-state index contributed by atoms with van der Waals surface area (Å²) < 4.78 is 5.44. The molecule has 0 radical (unpaired) electrons. The molecule has 3 N–H and O–H groups in total. The molecule has 6 heteroatoms. The molecule has 0 aromatic heterocycles. The number of ether oxygens (including phenoxy) is 1. The maximum atomic E-state index is 12.5. The van der Waals surface area contributed by atoms with Crippen molar-refractivity contribution in [1.82, 2.24) is 5.32 Å². The smallest absolute Gasteiger partial charge is 0.305 e. The van der Waals surface area contributed by atoms with E-state index in [1.807, 2.05) is 6.08 Å². The first kappa shape index (κ1) is 61.1. The average Bonchev–Trinajstić information content (AvgIpc) is 3.28. The van der Waals surface area contributed by atoms with E-state index in [2.05, 4.69) is 43.5 Å². The van der Waals surface area contributed by atoms with Crippen LogP contribution in [-0.2, 0) is 14.3 Å². The van der Waals surface area contributed by atoms with Gasteiger partial charge < -0.3 is 20.3 Å². The van der Waals surface area contributed by atoms with Crippen molar-refractivity contribution in [3.8, 4) is 0 Å². The molecule has 0 aromatic carbocycles. The quantitative estimate of drug-likeness (QED) is 0.0321. The summed E-state index contributed by atoms with van der Waals surface area (Å²) in [6.07, 6.45) is 64.4. The fourth-order valence-electron chi connectivity index (χ4n) is 8.38. The van der Waals surface area contributed by atoms with Crippen LogP contribution in [0.25, 0.3) is 0 Å². The van der Waals surface area contributed by atoms with Crippen LogP contribution in [0, 0.1) is 0 Å². The van der Waals surface area contributed by atoms with Gasteiger partial charge in [0.1, 0.15) is 0 Å². The Morgan fingerprint density at radius 1 is 0.444 bits per heavy atom. The highest BCUT2D eigenvalue weighted by molar-refractivity contribution is 5.76. The van der Waals surface area contributed by atoms with Gasteiger partial charge in [-0.15, -0.1) is 0 Å². The second-order valence-electron chi connectivity index (χ2n) is 18.9. The number of hydrogen-bond acceptors (Lipinski definition) is 5. The van der Waals surface area contributed by atoms with Crippen molar-refractivity contribution in [2.75, 3.05) is 13.2 Å². The number of allylic oxidation sites excluding steroid dienone is 5. The molecule has 0 fully saturated rings. The Morgan fingerprint density at radius 3 is 1.27 bits per heavy atom. The van der Waals surface area contributed by atoms with E-state index in [1.165, 1.54) is 193 Å². The maximum absolute atomic E-state index is 12.5. The Labute approximate surface area is 392 Å². The van der Waals surface area contributed by atoms with E-state index in [0.29, 0.717) is 19.4 Å². The van der Waals surface area contributed by atoms with Crippen LogP contribution >= 0.6 is 0 Å². The molecule has 0 aliphatic heterocycles. The van der Waals surface area contributed by atoms with E-state index in [9.17, 15) is 19.8 Å². The molecule has 0 rings (SSSR count). The van der Waals surface area contributed by atoms with Crippen molar-refractivity contribution >= 4 is 11.9 Å². The maximum Gasteiger partial charge on any atom is 0.305 e. The minimum Gasteiger partial charge on any atom is -0.466 e. The minimum absolute atomic E-state index is 0.0360. The predicted octanol–water partition coefficient (Wildman–Crippen LogP) is 16.9. The van der Waals surface area contributed by atoms with Gasteiger partial charge in [-0.2, -0.15) is 0 Å². The lowest BCUT2D eigenvalue weighted by Gasteiger charge is -2.20. The summed E-state index contributed by atoms with van der Waals surface area (Å²) in [6.45, 7) is 4.79. The second kappa shape index (κ2) is 52.7. The molecule has 0 heterocycles. The van der Waals surface area contributed by atoms with E-state index in [-0.39, 0.29) is 18.5 Å². The first-order valence-corrected chi connectivity index (χ1v) is 27.8. The number of unbranched alkanes of at least 4 members (excludes halogenated alkanes) is 36. The lowest BCUT2D eigenvalue weighted by molar-refractivity contribution is -0.143. The monoisotopic (exact) mass is 886 g/mol. The van der Waals surface area contributed by atoms with Gasteiger partial charge in [-0.05, 0) is 57.8 Å². The van der Waals surface area contributed by atoms with Gasteiger partial charge in [0.25, 0.3) is 0 Å². The molecule has 0 aliphatic carbocycles. The Balaban J connectivity index is 3.52. The van der Waals surface area contributed by atoms with Crippen LogP contribution in [0.4, 0.5) is 0 Å². The highest BCUT2D eigenvalue weighted by atomic mass is 16.5. The molecule has 0 saturated heterocycles. The standard InChI is InChI=1S/C57H107NO5/c1-3-5-7-9-11-13-15-17-18-19-20-21-22-23-24-25-26-28-29-33-37-41-45-49-55(60)54(53-59)58-56(61)50-46-42-38-34-31-32-36-40-44-48-52-63-57(62)51-47-43-39-35-30-27-16-14-12-10-8-6-4-2/h8,10,14,16,45,49,54-55,59-60H,3-7,9,11-13,15,17-44,46-48,50-53H2,1-2H3,(H,58,61)/b10-8-,16-14-,49-45+. The van der Waals surface area contributed by atoms with Crippen LogP contribution < -0.4 is 5.32 Å². The summed E-state index contributed by atoms with van der Waals surface area (Å²) in [5, 5.41) is 23.1.